The molecule has 0 radical (unpaired) electrons. The second-order valence-corrected chi connectivity index (χ2v) is 6.17. The van der Waals surface area contributed by atoms with E-state index < -0.39 is 29.6 Å². The van der Waals surface area contributed by atoms with E-state index >= 15 is 0 Å². The summed E-state index contributed by atoms with van der Waals surface area (Å²) in [7, 11) is 1.53. The molecule has 0 bridgehead atoms. The molecule has 0 aliphatic carbocycles. The van der Waals surface area contributed by atoms with Crippen LogP contribution in [-0.4, -0.2) is 25.1 Å². The van der Waals surface area contributed by atoms with Gasteiger partial charge in [0.25, 0.3) is 5.91 Å². The lowest BCUT2D eigenvalue weighted by molar-refractivity contribution is -0.147. The van der Waals surface area contributed by atoms with Gasteiger partial charge in [0, 0.05) is 5.56 Å². The van der Waals surface area contributed by atoms with Gasteiger partial charge < -0.3 is 14.8 Å². The number of benzene rings is 2. The predicted octanol–water partition coefficient (Wildman–Crippen LogP) is 3.79. The summed E-state index contributed by atoms with van der Waals surface area (Å²) in [4.78, 5) is 24.5. The number of methoxy groups -OCH3 is 1. The molecule has 5 nitrogen and oxygen atoms in total. The van der Waals surface area contributed by atoms with Crippen molar-refractivity contribution in [3.05, 3.63) is 65.2 Å². The minimum atomic E-state index is -1.12. The van der Waals surface area contributed by atoms with Gasteiger partial charge in [-0.25, -0.2) is 8.78 Å². The Morgan fingerprint density at radius 1 is 1.04 bits per heavy atom. The maximum absolute atomic E-state index is 13.4. The number of hydrogen-bond acceptors (Lipinski definition) is 4. The Morgan fingerprint density at radius 3 is 2.26 bits per heavy atom. The Balaban J connectivity index is 2.23. The number of hydrogen-bond donors (Lipinski definition) is 1. The van der Waals surface area contributed by atoms with Crippen LogP contribution in [0.3, 0.4) is 0 Å². The van der Waals surface area contributed by atoms with Gasteiger partial charge in [0.15, 0.2) is 11.6 Å². The third-order valence-electron chi connectivity index (χ3n) is 3.74. The zero-order chi connectivity index (χ0) is 20.0. The lowest BCUT2D eigenvalue weighted by Crippen LogP contribution is -2.31. The van der Waals surface area contributed by atoms with Gasteiger partial charge in [-0.1, -0.05) is 12.1 Å². The Morgan fingerprint density at radius 2 is 1.70 bits per heavy atom. The molecule has 0 fully saturated rings. The van der Waals surface area contributed by atoms with Crippen molar-refractivity contribution >= 4 is 11.9 Å². The van der Waals surface area contributed by atoms with Crippen LogP contribution in [0.2, 0.25) is 0 Å². The minimum absolute atomic E-state index is 0.0513. The molecule has 0 aliphatic rings. The van der Waals surface area contributed by atoms with Crippen LogP contribution in [0.4, 0.5) is 8.78 Å². The molecular weight excluding hydrogens is 356 g/mol. The molecule has 2 aromatic carbocycles. The van der Waals surface area contributed by atoms with Crippen LogP contribution in [0.1, 0.15) is 42.2 Å². The van der Waals surface area contributed by atoms with Crippen LogP contribution < -0.4 is 10.1 Å². The Hall–Kier alpha value is -2.96. The fourth-order valence-electron chi connectivity index (χ4n) is 2.45. The topological polar surface area (TPSA) is 64.6 Å². The van der Waals surface area contributed by atoms with E-state index in [9.17, 15) is 18.4 Å². The van der Waals surface area contributed by atoms with Crippen LogP contribution in [-0.2, 0) is 9.53 Å². The van der Waals surface area contributed by atoms with E-state index in [1.165, 1.54) is 13.2 Å². The van der Waals surface area contributed by atoms with Gasteiger partial charge in [-0.2, -0.15) is 0 Å². The largest absolute Gasteiger partial charge is 0.497 e. The second kappa shape index (κ2) is 9.12. The van der Waals surface area contributed by atoms with Crippen molar-refractivity contribution in [1.29, 1.82) is 0 Å². The molecule has 144 valence electrons. The number of rotatable bonds is 7. The zero-order valence-electron chi connectivity index (χ0n) is 15.3. The molecule has 27 heavy (non-hydrogen) atoms. The summed E-state index contributed by atoms with van der Waals surface area (Å²) in [6, 6.07) is 8.95. The second-order valence-electron chi connectivity index (χ2n) is 6.17. The van der Waals surface area contributed by atoms with Crippen molar-refractivity contribution < 1.29 is 27.8 Å². The van der Waals surface area contributed by atoms with E-state index in [1.807, 2.05) is 0 Å². The van der Waals surface area contributed by atoms with Crippen LogP contribution in [0, 0.1) is 11.6 Å². The summed E-state index contributed by atoms with van der Waals surface area (Å²) in [5.74, 6) is -2.67. The Bertz CT molecular complexity index is 806. The molecule has 1 atom stereocenters. The molecule has 0 aromatic heterocycles. The number of esters is 1. The Labute approximate surface area is 156 Å². The van der Waals surface area contributed by atoms with Gasteiger partial charge >= 0.3 is 5.97 Å². The lowest BCUT2D eigenvalue weighted by Gasteiger charge is -2.20. The standard InChI is InChI=1S/C20H21F2NO4/c1-12(2)27-19(24)11-18(13-4-7-15(26-3)8-5-13)23-20(25)14-6-9-16(21)17(22)10-14/h4-10,12,18H,11H2,1-3H3,(H,23,25). The fraction of sp³-hybridized carbons (Fsp3) is 0.300. The highest BCUT2D eigenvalue weighted by molar-refractivity contribution is 5.94. The van der Waals surface area contributed by atoms with E-state index in [2.05, 4.69) is 5.32 Å². The SMILES string of the molecule is COc1ccc(C(CC(=O)OC(C)C)NC(=O)c2ccc(F)c(F)c2)cc1. The van der Waals surface area contributed by atoms with Gasteiger partial charge in [0.05, 0.1) is 25.7 Å². The fourth-order valence-corrected chi connectivity index (χ4v) is 2.45. The Kier molecular flexibility index (Phi) is 6.87. The summed E-state index contributed by atoms with van der Waals surface area (Å²) < 4.78 is 36.7. The van der Waals surface area contributed by atoms with E-state index in [0.717, 1.165) is 12.1 Å². The van der Waals surface area contributed by atoms with Crippen LogP contribution in [0.5, 0.6) is 5.75 Å². The monoisotopic (exact) mass is 377 g/mol. The van der Waals surface area contributed by atoms with Gasteiger partial charge in [0.1, 0.15) is 5.75 Å². The maximum atomic E-state index is 13.4. The van der Waals surface area contributed by atoms with E-state index in [0.29, 0.717) is 11.3 Å². The quantitative estimate of drug-likeness (QED) is 0.746. The summed E-state index contributed by atoms with van der Waals surface area (Å²) in [6.07, 6.45) is -0.407. The van der Waals surface area contributed by atoms with Crippen LogP contribution in [0.15, 0.2) is 42.5 Å². The summed E-state index contributed by atoms with van der Waals surface area (Å²) >= 11 is 0. The van der Waals surface area contributed by atoms with Gasteiger partial charge in [-0.15, -0.1) is 0 Å². The lowest BCUT2D eigenvalue weighted by atomic mass is 10.0. The summed E-state index contributed by atoms with van der Waals surface area (Å²) in [5, 5.41) is 2.67. The molecular formula is C20H21F2NO4. The van der Waals surface area contributed by atoms with Crippen molar-refractivity contribution in [3.63, 3.8) is 0 Å². The maximum Gasteiger partial charge on any atom is 0.308 e. The molecule has 0 saturated heterocycles. The average molecular weight is 377 g/mol. The highest BCUT2D eigenvalue weighted by Crippen LogP contribution is 2.22. The number of carbonyl (C=O) groups excluding carboxylic acids is 2. The number of amides is 1. The van der Waals surface area contributed by atoms with Gasteiger partial charge in [-0.05, 0) is 49.7 Å². The minimum Gasteiger partial charge on any atom is -0.497 e. The van der Waals surface area contributed by atoms with E-state index in [1.54, 1.807) is 38.1 Å². The highest BCUT2D eigenvalue weighted by Gasteiger charge is 2.21. The first-order chi connectivity index (χ1) is 12.8. The third kappa shape index (κ3) is 5.77. The van der Waals surface area contributed by atoms with E-state index in [-0.39, 0.29) is 18.1 Å². The summed E-state index contributed by atoms with van der Waals surface area (Å²) in [6.45, 7) is 3.44. The number of halogens is 2. The first-order valence-electron chi connectivity index (χ1n) is 8.39. The predicted molar refractivity (Wildman–Crippen MR) is 95.4 cm³/mol. The molecule has 1 amide bonds. The molecule has 0 saturated carbocycles. The number of carbonyl (C=O) groups is 2. The normalized spacial score (nSPS) is 11.8. The summed E-state index contributed by atoms with van der Waals surface area (Å²) in [5.41, 5.74) is 0.595. The van der Waals surface area contributed by atoms with Crippen LogP contribution in [0.25, 0.3) is 0 Å². The molecule has 1 unspecified atom stereocenters. The molecule has 0 heterocycles. The number of ether oxygens (including phenoxy) is 2. The van der Waals surface area contributed by atoms with Gasteiger partial charge in [0.2, 0.25) is 0 Å². The van der Waals surface area contributed by atoms with E-state index in [4.69, 9.17) is 9.47 Å². The third-order valence-corrected chi connectivity index (χ3v) is 3.74. The van der Waals surface area contributed by atoms with Crippen molar-refractivity contribution in [2.24, 2.45) is 0 Å². The van der Waals surface area contributed by atoms with Crippen molar-refractivity contribution in [2.45, 2.75) is 32.4 Å². The average Bonchev–Trinajstić information content (AvgIpc) is 2.62. The first kappa shape index (κ1) is 20.4. The van der Waals surface area contributed by atoms with Crippen molar-refractivity contribution in [1.82, 2.24) is 5.32 Å². The molecule has 7 heteroatoms. The highest BCUT2D eigenvalue weighted by atomic mass is 19.2. The molecule has 0 aliphatic heterocycles. The van der Waals surface area contributed by atoms with Gasteiger partial charge in [-0.3, -0.25) is 9.59 Å². The van der Waals surface area contributed by atoms with Crippen molar-refractivity contribution in [3.8, 4) is 5.75 Å². The van der Waals surface area contributed by atoms with Crippen molar-refractivity contribution in [2.75, 3.05) is 7.11 Å². The first-order valence-corrected chi connectivity index (χ1v) is 8.39. The molecule has 0 spiro atoms. The zero-order valence-corrected chi connectivity index (χ0v) is 15.3. The molecule has 2 aromatic rings. The number of nitrogens with one attached hydrogen (secondary N) is 1. The molecule has 2 rings (SSSR count). The molecule has 1 N–H and O–H groups in total. The van der Waals surface area contributed by atoms with Crippen LogP contribution >= 0.6 is 0 Å². The smallest absolute Gasteiger partial charge is 0.308 e.